The maximum atomic E-state index is 12.4. The minimum absolute atomic E-state index is 0.205. The van der Waals surface area contributed by atoms with Crippen LogP contribution in [0.25, 0.3) is 0 Å². The van der Waals surface area contributed by atoms with Crippen molar-refractivity contribution in [1.82, 2.24) is 15.3 Å². The second-order valence-corrected chi connectivity index (χ2v) is 6.53. The van der Waals surface area contributed by atoms with E-state index in [1.54, 1.807) is 18.5 Å². The van der Waals surface area contributed by atoms with Gasteiger partial charge in [0.05, 0.1) is 29.7 Å². The Morgan fingerprint density at radius 3 is 2.37 bits per heavy atom. The number of amides is 1. The van der Waals surface area contributed by atoms with E-state index < -0.39 is 0 Å². The monoisotopic (exact) mass is 396 g/mol. The van der Waals surface area contributed by atoms with Gasteiger partial charge >= 0.3 is 0 Å². The summed E-state index contributed by atoms with van der Waals surface area (Å²) in [4.78, 5) is 20.8. The molecule has 4 aromatic rings. The number of anilines is 2. The number of carbonyl (C=O) groups is 1. The Bertz CT molecular complexity index is 1100. The number of benzene rings is 2. The molecular weight excluding hydrogens is 376 g/mol. The molecule has 0 unspecified atom stereocenters. The molecule has 2 aromatic heterocycles. The van der Waals surface area contributed by atoms with Gasteiger partial charge in [-0.15, -0.1) is 0 Å². The topological polar surface area (TPSA) is 76.1 Å². The molecule has 30 heavy (non-hydrogen) atoms. The molecule has 0 saturated carbocycles. The van der Waals surface area contributed by atoms with E-state index in [0.717, 1.165) is 28.6 Å². The largest absolute Gasteiger partial charge is 0.457 e. The fourth-order valence-electron chi connectivity index (χ4n) is 2.81. The number of pyridine rings is 2. The molecule has 0 aliphatic carbocycles. The van der Waals surface area contributed by atoms with Crippen molar-refractivity contribution >= 4 is 17.3 Å². The van der Waals surface area contributed by atoms with Gasteiger partial charge in [0.15, 0.2) is 0 Å². The first-order valence-electron chi connectivity index (χ1n) is 9.49. The Labute approximate surface area is 174 Å². The number of hydrogen-bond acceptors (Lipinski definition) is 5. The first kappa shape index (κ1) is 19.1. The number of ether oxygens (including phenoxy) is 1. The summed E-state index contributed by atoms with van der Waals surface area (Å²) in [5.41, 5.74) is 2.85. The molecule has 0 saturated heterocycles. The van der Waals surface area contributed by atoms with Crippen LogP contribution in [0.1, 0.15) is 16.1 Å². The highest BCUT2D eigenvalue weighted by Gasteiger charge is 2.08. The van der Waals surface area contributed by atoms with Crippen LogP contribution in [-0.2, 0) is 6.54 Å². The molecule has 0 radical (unpaired) electrons. The van der Waals surface area contributed by atoms with Crippen molar-refractivity contribution in [3.63, 3.8) is 0 Å². The fourth-order valence-corrected chi connectivity index (χ4v) is 2.81. The van der Waals surface area contributed by atoms with E-state index in [4.69, 9.17) is 4.74 Å². The van der Waals surface area contributed by atoms with Crippen LogP contribution in [0, 0.1) is 0 Å². The van der Waals surface area contributed by atoms with Crippen molar-refractivity contribution in [3.05, 3.63) is 109 Å². The van der Waals surface area contributed by atoms with E-state index in [1.165, 1.54) is 6.20 Å². The summed E-state index contributed by atoms with van der Waals surface area (Å²) in [5, 5.41) is 6.10. The maximum absolute atomic E-state index is 12.4. The molecule has 0 spiro atoms. The molecule has 0 bridgehead atoms. The number of nitrogens with one attached hydrogen (secondary N) is 2. The lowest BCUT2D eigenvalue weighted by Crippen LogP contribution is -2.23. The summed E-state index contributed by atoms with van der Waals surface area (Å²) in [7, 11) is 0. The number of hydrogen-bond donors (Lipinski definition) is 2. The van der Waals surface area contributed by atoms with Crippen LogP contribution in [0.2, 0.25) is 0 Å². The Balaban J connectivity index is 1.37. The highest BCUT2D eigenvalue weighted by molar-refractivity contribution is 5.94. The van der Waals surface area contributed by atoms with E-state index >= 15 is 0 Å². The van der Waals surface area contributed by atoms with Crippen molar-refractivity contribution in [2.24, 2.45) is 0 Å². The van der Waals surface area contributed by atoms with Crippen LogP contribution in [0.15, 0.2) is 97.5 Å². The summed E-state index contributed by atoms with van der Waals surface area (Å²) < 4.78 is 5.80. The van der Waals surface area contributed by atoms with Gasteiger partial charge in [0.2, 0.25) is 0 Å². The molecule has 0 aliphatic heterocycles. The van der Waals surface area contributed by atoms with Crippen LogP contribution in [-0.4, -0.2) is 15.9 Å². The molecule has 2 heterocycles. The van der Waals surface area contributed by atoms with Crippen molar-refractivity contribution in [2.45, 2.75) is 6.54 Å². The van der Waals surface area contributed by atoms with Crippen LogP contribution >= 0.6 is 0 Å². The molecule has 2 aromatic carbocycles. The number of rotatable bonds is 7. The van der Waals surface area contributed by atoms with Crippen LogP contribution in [0.5, 0.6) is 11.5 Å². The Hall–Kier alpha value is -4.19. The van der Waals surface area contributed by atoms with Gasteiger partial charge in [-0.05, 0) is 54.6 Å². The first-order valence-corrected chi connectivity index (χ1v) is 9.49. The SMILES string of the molecule is O=C(NCc1ccccn1)c1cncc(Nc2ccc(Oc3ccccc3)cc2)c1. The van der Waals surface area contributed by atoms with Gasteiger partial charge in [-0.1, -0.05) is 24.3 Å². The molecule has 6 nitrogen and oxygen atoms in total. The van der Waals surface area contributed by atoms with E-state index in [9.17, 15) is 4.79 Å². The van der Waals surface area contributed by atoms with Crippen molar-refractivity contribution in [1.29, 1.82) is 0 Å². The highest BCUT2D eigenvalue weighted by Crippen LogP contribution is 2.24. The van der Waals surface area contributed by atoms with Crippen LogP contribution in [0.3, 0.4) is 0 Å². The smallest absolute Gasteiger partial charge is 0.253 e. The molecule has 0 atom stereocenters. The van der Waals surface area contributed by atoms with Crippen LogP contribution in [0.4, 0.5) is 11.4 Å². The normalized spacial score (nSPS) is 10.3. The van der Waals surface area contributed by atoms with Gasteiger partial charge in [0.25, 0.3) is 5.91 Å². The molecular formula is C24H20N4O2. The molecule has 6 heteroatoms. The summed E-state index contributed by atoms with van der Waals surface area (Å²) in [6.45, 7) is 0.361. The molecule has 2 N–H and O–H groups in total. The lowest BCUT2D eigenvalue weighted by Gasteiger charge is -2.10. The van der Waals surface area contributed by atoms with Crippen molar-refractivity contribution < 1.29 is 9.53 Å². The van der Waals surface area contributed by atoms with E-state index in [2.05, 4.69) is 20.6 Å². The number of aromatic nitrogens is 2. The highest BCUT2D eigenvalue weighted by atomic mass is 16.5. The Kier molecular flexibility index (Phi) is 5.96. The average Bonchev–Trinajstić information content (AvgIpc) is 2.80. The second-order valence-electron chi connectivity index (χ2n) is 6.53. The lowest BCUT2D eigenvalue weighted by molar-refractivity contribution is 0.0950. The third kappa shape index (κ3) is 5.20. The minimum atomic E-state index is -0.205. The first-order chi connectivity index (χ1) is 14.8. The van der Waals surface area contributed by atoms with Gasteiger partial charge < -0.3 is 15.4 Å². The quantitative estimate of drug-likeness (QED) is 0.463. The maximum Gasteiger partial charge on any atom is 0.253 e. The fraction of sp³-hybridized carbons (Fsp3) is 0.0417. The van der Waals surface area contributed by atoms with Crippen LogP contribution < -0.4 is 15.4 Å². The van der Waals surface area contributed by atoms with Gasteiger partial charge in [-0.3, -0.25) is 14.8 Å². The zero-order chi connectivity index (χ0) is 20.6. The van der Waals surface area contributed by atoms with E-state index in [0.29, 0.717) is 12.1 Å². The third-order valence-corrected chi connectivity index (χ3v) is 4.28. The summed E-state index contributed by atoms with van der Waals surface area (Å²) >= 11 is 0. The second kappa shape index (κ2) is 9.34. The zero-order valence-corrected chi connectivity index (χ0v) is 16.2. The minimum Gasteiger partial charge on any atom is -0.457 e. The van der Waals surface area contributed by atoms with Gasteiger partial charge in [0, 0.05) is 18.1 Å². The van der Waals surface area contributed by atoms with Gasteiger partial charge in [-0.25, -0.2) is 0 Å². The number of para-hydroxylation sites is 1. The lowest BCUT2D eigenvalue weighted by atomic mass is 10.2. The van der Waals surface area contributed by atoms with E-state index in [1.807, 2.05) is 72.8 Å². The van der Waals surface area contributed by atoms with Crippen molar-refractivity contribution in [3.8, 4) is 11.5 Å². The average molecular weight is 396 g/mol. The van der Waals surface area contributed by atoms with Crippen molar-refractivity contribution in [2.75, 3.05) is 5.32 Å². The number of carbonyl (C=O) groups excluding carboxylic acids is 1. The molecule has 4 rings (SSSR count). The van der Waals surface area contributed by atoms with Gasteiger partial charge in [-0.2, -0.15) is 0 Å². The van der Waals surface area contributed by atoms with Gasteiger partial charge in [0.1, 0.15) is 11.5 Å². The molecule has 0 fully saturated rings. The van der Waals surface area contributed by atoms with E-state index in [-0.39, 0.29) is 5.91 Å². The molecule has 1 amide bonds. The predicted octanol–water partition coefficient (Wildman–Crippen LogP) is 4.94. The zero-order valence-electron chi connectivity index (χ0n) is 16.2. The Morgan fingerprint density at radius 1 is 0.833 bits per heavy atom. The standard InChI is InChI=1S/C24H20N4O2/c29-24(27-17-20-6-4-5-13-26-20)18-14-21(16-25-15-18)28-19-9-11-23(12-10-19)30-22-7-2-1-3-8-22/h1-16,28H,17H2,(H,27,29). The molecule has 148 valence electrons. The number of nitrogens with zero attached hydrogens (tertiary/aromatic N) is 2. The summed E-state index contributed by atoms with van der Waals surface area (Å²) in [6.07, 6.45) is 4.91. The molecule has 0 aliphatic rings. The third-order valence-electron chi connectivity index (χ3n) is 4.28. The Morgan fingerprint density at radius 2 is 1.60 bits per heavy atom. The summed E-state index contributed by atoms with van der Waals surface area (Å²) in [5.74, 6) is 1.32. The summed E-state index contributed by atoms with van der Waals surface area (Å²) in [6, 6.07) is 24.5. The predicted molar refractivity (Wildman–Crippen MR) is 116 cm³/mol.